The SMILES string of the molecule is CC(C)CC1OC(CC(C)C)PC(CC(C)C)(S[PH+]=O)O1. The molecule has 124 valence electrons. The quantitative estimate of drug-likeness (QED) is 0.514. The molecule has 0 aliphatic carbocycles. The van der Waals surface area contributed by atoms with Crippen molar-refractivity contribution >= 4 is 27.6 Å². The molecule has 1 aliphatic heterocycles. The molecule has 0 bridgehead atoms. The van der Waals surface area contributed by atoms with Crippen molar-refractivity contribution in [2.24, 2.45) is 17.8 Å². The fourth-order valence-corrected chi connectivity index (χ4v) is 7.64. The molecule has 0 aromatic rings. The highest BCUT2D eigenvalue weighted by atomic mass is 32.7. The molecule has 1 rings (SSSR count). The van der Waals surface area contributed by atoms with Gasteiger partial charge in [0.2, 0.25) is 0 Å². The lowest BCUT2D eigenvalue weighted by molar-refractivity contribution is -0.196. The van der Waals surface area contributed by atoms with Gasteiger partial charge in [-0.25, -0.2) is 0 Å². The zero-order valence-electron chi connectivity index (χ0n) is 14.1. The Kier molecular flexibility index (Phi) is 8.68. The minimum atomic E-state index is -0.376. The first-order valence-corrected chi connectivity index (χ1v) is 11.4. The lowest BCUT2D eigenvalue weighted by Crippen LogP contribution is -2.41. The predicted octanol–water partition coefficient (Wildman–Crippen LogP) is 5.83. The molecule has 1 aliphatic rings. The highest BCUT2D eigenvalue weighted by molar-refractivity contribution is 8.48. The van der Waals surface area contributed by atoms with E-state index in [0.29, 0.717) is 26.3 Å². The molecule has 21 heavy (non-hydrogen) atoms. The smallest absolute Gasteiger partial charge is 0.345 e. The third-order valence-electron chi connectivity index (χ3n) is 3.25. The van der Waals surface area contributed by atoms with Crippen LogP contribution >= 0.6 is 27.6 Å². The first-order chi connectivity index (χ1) is 9.76. The van der Waals surface area contributed by atoms with E-state index in [1.54, 1.807) is 0 Å². The lowest BCUT2D eigenvalue weighted by atomic mass is 10.1. The number of hydrogen-bond donors (Lipinski definition) is 0. The topological polar surface area (TPSA) is 35.5 Å². The molecular weight excluding hydrogens is 322 g/mol. The van der Waals surface area contributed by atoms with Crippen molar-refractivity contribution < 1.29 is 14.0 Å². The van der Waals surface area contributed by atoms with Gasteiger partial charge in [-0.15, -0.1) is 0 Å². The Hall–Kier alpha value is 0.800. The number of rotatable bonds is 8. The van der Waals surface area contributed by atoms with Crippen LogP contribution in [0.1, 0.15) is 60.8 Å². The van der Waals surface area contributed by atoms with E-state index >= 15 is 0 Å². The second kappa shape index (κ2) is 9.18. The minimum absolute atomic E-state index is 0.155. The summed E-state index contributed by atoms with van der Waals surface area (Å²) in [5, 5.41) is 0. The Bertz CT molecular complexity index is 306. The second-order valence-corrected chi connectivity index (χ2v) is 11.4. The van der Waals surface area contributed by atoms with Crippen LogP contribution in [0.15, 0.2) is 0 Å². The molecule has 0 aromatic heterocycles. The van der Waals surface area contributed by atoms with Crippen molar-refractivity contribution in [1.82, 2.24) is 0 Å². The molecule has 5 atom stereocenters. The molecule has 1 fully saturated rings. The van der Waals surface area contributed by atoms with Crippen molar-refractivity contribution in [3.05, 3.63) is 0 Å². The first kappa shape index (κ1) is 19.8. The average Bonchev–Trinajstić information content (AvgIpc) is 2.24. The minimum Gasteiger partial charge on any atom is -0.345 e. The molecule has 6 heteroatoms. The molecule has 3 nitrogen and oxygen atoms in total. The maximum absolute atomic E-state index is 11.3. The van der Waals surface area contributed by atoms with Gasteiger partial charge in [-0.2, -0.15) is 0 Å². The fraction of sp³-hybridized carbons (Fsp3) is 1.00. The van der Waals surface area contributed by atoms with Gasteiger partial charge in [-0.05, 0) is 39.2 Å². The van der Waals surface area contributed by atoms with Gasteiger partial charge >= 0.3 is 7.66 Å². The molecule has 0 N–H and O–H groups in total. The van der Waals surface area contributed by atoms with E-state index in [1.165, 1.54) is 11.4 Å². The maximum Gasteiger partial charge on any atom is 0.400 e. The Morgan fingerprint density at radius 3 is 2.19 bits per heavy atom. The Labute approximate surface area is 137 Å². The summed E-state index contributed by atoms with van der Waals surface area (Å²) in [6.45, 7) is 13.2. The van der Waals surface area contributed by atoms with E-state index < -0.39 is 0 Å². The van der Waals surface area contributed by atoms with E-state index in [-0.39, 0.29) is 24.5 Å². The van der Waals surface area contributed by atoms with Crippen molar-refractivity contribution in [2.75, 3.05) is 0 Å². The van der Waals surface area contributed by atoms with Crippen LogP contribution in [-0.2, 0) is 14.0 Å². The molecule has 0 spiro atoms. The third-order valence-corrected chi connectivity index (χ3v) is 7.89. The monoisotopic (exact) mass is 353 g/mol. The van der Waals surface area contributed by atoms with E-state index in [1.807, 2.05) is 0 Å². The van der Waals surface area contributed by atoms with E-state index in [9.17, 15) is 4.57 Å². The standard InChI is InChI=1S/C15H30O3P2S/c1-10(2)7-13-17-14(8-11(3)4)19-15(18-13,21-20-16)9-12(5)6/h10-14,19H,7-9H2,1-6H3/p+1. The second-order valence-electron chi connectivity index (χ2n) is 7.11. The highest BCUT2D eigenvalue weighted by Gasteiger charge is 2.46. The molecule has 0 amide bonds. The summed E-state index contributed by atoms with van der Waals surface area (Å²) >= 11 is 1.47. The highest BCUT2D eigenvalue weighted by Crippen LogP contribution is 2.58. The van der Waals surface area contributed by atoms with Gasteiger partial charge in [0.05, 0.1) is 5.85 Å². The Morgan fingerprint density at radius 1 is 1.10 bits per heavy atom. The van der Waals surface area contributed by atoms with E-state index in [4.69, 9.17) is 9.47 Å². The van der Waals surface area contributed by atoms with Crippen molar-refractivity contribution in [1.29, 1.82) is 0 Å². The lowest BCUT2D eigenvalue weighted by Gasteiger charge is -2.43. The van der Waals surface area contributed by atoms with Crippen molar-refractivity contribution in [2.45, 2.75) is 77.6 Å². The zero-order valence-corrected chi connectivity index (χ0v) is 17.0. The van der Waals surface area contributed by atoms with Gasteiger partial charge in [0.1, 0.15) is 0 Å². The summed E-state index contributed by atoms with van der Waals surface area (Å²) in [6, 6.07) is 0. The summed E-state index contributed by atoms with van der Waals surface area (Å²) in [5.74, 6) is 1.91. The zero-order chi connectivity index (χ0) is 16.0. The van der Waals surface area contributed by atoms with Crippen molar-refractivity contribution in [3.8, 4) is 0 Å². The summed E-state index contributed by atoms with van der Waals surface area (Å²) in [7, 11) is 0.178. The van der Waals surface area contributed by atoms with Crippen LogP contribution in [0.5, 0.6) is 0 Å². The van der Waals surface area contributed by atoms with Crippen LogP contribution in [0.25, 0.3) is 0 Å². The van der Waals surface area contributed by atoms with Gasteiger partial charge < -0.3 is 9.47 Å². The van der Waals surface area contributed by atoms with Gasteiger partial charge in [0, 0.05) is 6.42 Å². The predicted molar refractivity (Wildman–Crippen MR) is 95.7 cm³/mol. The summed E-state index contributed by atoms with van der Waals surface area (Å²) in [4.78, 5) is 0. The van der Waals surface area contributed by atoms with E-state index in [0.717, 1.165) is 19.3 Å². The van der Waals surface area contributed by atoms with Crippen LogP contribution in [0.4, 0.5) is 0 Å². The molecule has 5 unspecified atom stereocenters. The largest absolute Gasteiger partial charge is 0.400 e. The van der Waals surface area contributed by atoms with E-state index in [2.05, 4.69) is 41.5 Å². The van der Waals surface area contributed by atoms with Crippen LogP contribution in [0.2, 0.25) is 0 Å². The normalized spacial score (nSPS) is 31.9. The summed E-state index contributed by atoms with van der Waals surface area (Å²) in [6.07, 6.45) is 2.75. The first-order valence-electron chi connectivity index (χ1n) is 7.92. The molecule has 0 aromatic carbocycles. The fourth-order valence-electron chi connectivity index (χ4n) is 2.57. The van der Waals surface area contributed by atoms with Crippen LogP contribution in [0.3, 0.4) is 0 Å². The van der Waals surface area contributed by atoms with Crippen LogP contribution in [0, 0.1) is 17.8 Å². The molecule has 1 saturated heterocycles. The maximum atomic E-state index is 11.3. The van der Waals surface area contributed by atoms with Crippen LogP contribution < -0.4 is 0 Å². The van der Waals surface area contributed by atoms with Gasteiger partial charge in [0.25, 0.3) is 0 Å². The van der Waals surface area contributed by atoms with Crippen molar-refractivity contribution in [3.63, 3.8) is 0 Å². The van der Waals surface area contributed by atoms with Crippen LogP contribution in [-0.4, -0.2) is 16.8 Å². The summed E-state index contributed by atoms with van der Waals surface area (Å²) < 4.78 is 23.5. The molecule has 1 heterocycles. The van der Waals surface area contributed by atoms with Gasteiger partial charge in [0.15, 0.2) is 22.3 Å². The number of hydrogen-bond acceptors (Lipinski definition) is 4. The average molecular weight is 353 g/mol. The van der Waals surface area contributed by atoms with Gasteiger partial charge in [-0.3, -0.25) is 0 Å². The number of ether oxygens (including phenoxy) is 2. The molecule has 0 saturated carbocycles. The Morgan fingerprint density at radius 2 is 1.71 bits per heavy atom. The third kappa shape index (κ3) is 7.27. The Balaban J connectivity index is 2.88. The van der Waals surface area contributed by atoms with Gasteiger partial charge in [-0.1, -0.05) is 46.1 Å². The molecular formula is C15H31O3P2S+. The molecule has 0 radical (unpaired) electrons. The summed E-state index contributed by atoms with van der Waals surface area (Å²) in [5.41, 5.74) is 0.